The fourth-order valence-corrected chi connectivity index (χ4v) is 2.67. The van der Waals surface area contributed by atoms with E-state index < -0.39 is 18.0 Å². The van der Waals surface area contributed by atoms with Gasteiger partial charge in [-0.15, -0.1) is 0 Å². The van der Waals surface area contributed by atoms with Gasteiger partial charge in [0.1, 0.15) is 11.5 Å². The zero-order valence-corrected chi connectivity index (χ0v) is 12.2. The van der Waals surface area contributed by atoms with Crippen LogP contribution >= 0.6 is 0 Å². The first-order chi connectivity index (χ1) is 10.9. The van der Waals surface area contributed by atoms with Gasteiger partial charge in [0.05, 0.1) is 5.56 Å². The van der Waals surface area contributed by atoms with Gasteiger partial charge in [0.15, 0.2) is 23.7 Å². The molecule has 2 aromatic rings. The summed E-state index contributed by atoms with van der Waals surface area (Å²) in [5, 5.41) is 49.8. The normalized spacial score (nSPS) is 26.4. The molecule has 0 spiro atoms. The lowest BCUT2D eigenvalue weighted by atomic mass is 9.89. The van der Waals surface area contributed by atoms with Crippen LogP contribution in [-0.2, 0) is 10.5 Å². The van der Waals surface area contributed by atoms with Crippen molar-refractivity contribution in [2.24, 2.45) is 0 Å². The fraction of sp³-hybridized carbons (Fsp3) is 0.250. The number of aromatic hydroxyl groups is 3. The zero-order valence-electron chi connectivity index (χ0n) is 12.2. The molecule has 2 aromatic carbocycles. The minimum absolute atomic E-state index is 0.0779. The fourth-order valence-electron chi connectivity index (χ4n) is 2.67. The SMILES string of the molecule is CO[C@@]1(O)c2ccc(O)cc2O[C@H](c2ccc(O)c(O)c2)[C@@H]1O. The average Bonchev–Trinajstić information content (AvgIpc) is 2.53. The van der Waals surface area contributed by atoms with Gasteiger partial charge in [-0.3, -0.25) is 0 Å². The molecule has 122 valence electrons. The first kappa shape index (κ1) is 15.4. The van der Waals surface area contributed by atoms with Gasteiger partial charge in [0, 0.05) is 13.2 Å². The number of benzene rings is 2. The van der Waals surface area contributed by atoms with Crippen molar-refractivity contribution in [3.8, 4) is 23.0 Å². The maximum Gasteiger partial charge on any atom is 0.226 e. The Balaban J connectivity index is 2.12. The number of fused-ring (bicyclic) bond motifs is 1. The third kappa shape index (κ3) is 2.35. The minimum Gasteiger partial charge on any atom is -0.508 e. The Kier molecular flexibility index (Phi) is 3.56. The third-order valence-corrected chi connectivity index (χ3v) is 3.93. The van der Waals surface area contributed by atoms with E-state index in [1.54, 1.807) is 0 Å². The standard InChI is InChI=1S/C16H16O7/c1-22-16(21)10-4-3-9(17)7-13(10)23-14(15(16)20)8-2-5-11(18)12(19)6-8/h2-7,14-15,17-21H,1H3/t14-,15+,16+/m1/s1. The second kappa shape index (κ2) is 5.31. The number of hydrogen-bond acceptors (Lipinski definition) is 7. The van der Waals surface area contributed by atoms with Gasteiger partial charge in [-0.2, -0.15) is 0 Å². The van der Waals surface area contributed by atoms with Crippen LogP contribution in [0.25, 0.3) is 0 Å². The molecule has 0 unspecified atom stereocenters. The average molecular weight is 320 g/mol. The molecule has 0 amide bonds. The summed E-state index contributed by atoms with van der Waals surface area (Å²) in [5.41, 5.74) is 0.488. The van der Waals surface area contributed by atoms with Crippen molar-refractivity contribution in [2.45, 2.75) is 18.0 Å². The van der Waals surface area contributed by atoms with Crippen molar-refractivity contribution in [3.63, 3.8) is 0 Å². The number of methoxy groups -OCH3 is 1. The molecular formula is C16H16O7. The number of aliphatic hydroxyl groups is 2. The highest BCUT2D eigenvalue weighted by Crippen LogP contribution is 2.46. The smallest absolute Gasteiger partial charge is 0.226 e. The number of rotatable bonds is 2. The number of aliphatic hydroxyl groups excluding tert-OH is 1. The molecule has 0 saturated heterocycles. The molecule has 1 heterocycles. The summed E-state index contributed by atoms with van der Waals surface area (Å²) < 4.78 is 10.8. The molecule has 7 heteroatoms. The summed E-state index contributed by atoms with van der Waals surface area (Å²) in [5.74, 6) is -2.71. The molecule has 0 fully saturated rings. The summed E-state index contributed by atoms with van der Waals surface area (Å²) in [7, 11) is 1.23. The van der Waals surface area contributed by atoms with Crippen molar-refractivity contribution >= 4 is 0 Å². The van der Waals surface area contributed by atoms with Crippen molar-refractivity contribution < 1.29 is 35.0 Å². The molecule has 1 aliphatic rings. The molecular weight excluding hydrogens is 304 g/mol. The number of phenols is 3. The second-order valence-corrected chi connectivity index (χ2v) is 5.31. The Morgan fingerprint density at radius 2 is 1.78 bits per heavy atom. The Hall–Kier alpha value is -2.48. The number of ether oxygens (including phenoxy) is 2. The van der Waals surface area contributed by atoms with Gasteiger partial charge < -0.3 is 35.0 Å². The van der Waals surface area contributed by atoms with E-state index in [9.17, 15) is 25.5 Å². The Morgan fingerprint density at radius 1 is 1.04 bits per heavy atom. The number of hydrogen-bond donors (Lipinski definition) is 5. The van der Waals surface area contributed by atoms with E-state index in [1.807, 2.05) is 0 Å². The molecule has 0 bridgehead atoms. The van der Waals surface area contributed by atoms with Gasteiger partial charge in [-0.25, -0.2) is 0 Å². The Labute approximate surface area is 131 Å². The molecule has 1 aliphatic heterocycles. The van der Waals surface area contributed by atoms with E-state index in [2.05, 4.69) is 0 Å². The van der Waals surface area contributed by atoms with Gasteiger partial charge in [0.25, 0.3) is 0 Å². The summed E-state index contributed by atoms with van der Waals surface area (Å²) in [6.07, 6.45) is -2.59. The summed E-state index contributed by atoms with van der Waals surface area (Å²) >= 11 is 0. The minimum atomic E-state index is -2.06. The van der Waals surface area contributed by atoms with Crippen LogP contribution in [0.15, 0.2) is 36.4 Å². The highest BCUT2D eigenvalue weighted by molar-refractivity contribution is 5.47. The van der Waals surface area contributed by atoms with Crippen molar-refractivity contribution in [1.82, 2.24) is 0 Å². The highest BCUT2D eigenvalue weighted by Gasteiger charge is 2.50. The van der Waals surface area contributed by atoms with Crippen LogP contribution in [0.2, 0.25) is 0 Å². The topological polar surface area (TPSA) is 120 Å². The van der Waals surface area contributed by atoms with Crippen molar-refractivity contribution in [3.05, 3.63) is 47.5 Å². The summed E-state index contributed by atoms with van der Waals surface area (Å²) in [6, 6.07) is 7.91. The van der Waals surface area contributed by atoms with E-state index in [0.717, 1.165) is 0 Å². The van der Waals surface area contributed by atoms with E-state index >= 15 is 0 Å². The molecule has 3 rings (SSSR count). The van der Waals surface area contributed by atoms with Gasteiger partial charge in [-0.1, -0.05) is 6.07 Å². The highest BCUT2D eigenvalue weighted by atomic mass is 16.6. The first-order valence-electron chi connectivity index (χ1n) is 6.84. The summed E-state index contributed by atoms with van der Waals surface area (Å²) in [6.45, 7) is 0. The molecule has 0 aliphatic carbocycles. The third-order valence-electron chi connectivity index (χ3n) is 3.93. The lowest BCUT2D eigenvalue weighted by Crippen LogP contribution is -2.49. The largest absolute Gasteiger partial charge is 0.508 e. The van der Waals surface area contributed by atoms with Crippen LogP contribution in [0, 0.1) is 0 Å². The Morgan fingerprint density at radius 3 is 2.43 bits per heavy atom. The lowest BCUT2D eigenvalue weighted by molar-refractivity contribution is -0.280. The Bertz CT molecular complexity index is 745. The quantitative estimate of drug-likeness (QED) is 0.415. The van der Waals surface area contributed by atoms with E-state index in [1.165, 1.54) is 43.5 Å². The molecule has 23 heavy (non-hydrogen) atoms. The molecule has 0 aromatic heterocycles. The predicted octanol–water partition coefficient (Wildman–Crippen LogP) is 1.09. The van der Waals surface area contributed by atoms with Crippen LogP contribution in [-0.4, -0.2) is 38.7 Å². The van der Waals surface area contributed by atoms with E-state index in [4.69, 9.17) is 9.47 Å². The molecule has 0 saturated carbocycles. The zero-order chi connectivity index (χ0) is 16.8. The van der Waals surface area contributed by atoms with Crippen LogP contribution in [0.3, 0.4) is 0 Å². The summed E-state index contributed by atoms with van der Waals surface area (Å²) in [4.78, 5) is 0. The predicted molar refractivity (Wildman–Crippen MR) is 78.2 cm³/mol. The second-order valence-electron chi connectivity index (χ2n) is 5.31. The lowest BCUT2D eigenvalue weighted by Gasteiger charge is -2.41. The molecule has 5 N–H and O–H groups in total. The maximum atomic E-state index is 10.7. The van der Waals surface area contributed by atoms with Crippen molar-refractivity contribution in [1.29, 1.82) is 0 Å². The van der Waals surface area contributed by atoms with Gasteiger partial charge in [0.2, 0.25) is 5.79 Å². The number of phenolic OH excluding ortho intramolecular Hbond substituents is 3. The maximum absolute atomic E-state index is 10.7. The molecule has 3 atom stereocenters. The van der Waals surface area contributed by atoms with Crippen LogP contribution in [0.4, 0.5) is 0 Å². The van der Waals surface area contributed by atoms with E-state index in [0.29, 0.717) is 5.56 Å². The monoisotopic (exact) mass is 320 g/mol. The van der Waals surface area contributed by atoms with Gasteiger partial charge in [-0.05, 0) is 29.8 Å². The van der Waals surface area contributed by atoms with Crippen LogP contribution in [0.5, 0.6) is 23.0 Å². The first-order valence-corrected chi connectivity index (χ1v) is 6.84. The molecule has 7 nitrogen and oxygen atoms in total. The van der Waals surface area contributed by atoms with E-state index in [-0.39, 0.29) is 28.6 Å². The van der Waals surface area contributed by atoms with Crippen LogP contribution in [0.1, 0.15) is 17.2 Å². The van der Waals surface area contributed by atoms with Gasteiger partial charge >= 0.3 is 0 Å². The molecule has 0 radical (unpaired) electrons. The van der Waals surface area contributed by atoms with Crippen molar-refractivity contribution in [2.75, 3.05) is 7.11 Å². The van der Waals surface area contributed by atoms with Crippen LogP contribution < -0.4 is 4.74 Å².